The summed E-state index contributed by atoms with van der Waals surface area (Å²) >= 11 is 0. The number of hydrogen-bond donors (Lipinski definition) is 2. The van der Waals surface area contributed by atoms with Gasteiger partial charge in [0.05, 0.1) is 12.2 Å². The van der Waals surface area contributed by atoms with E-state index in [1.807, 2.05) is 13.0 Å². The number of Topliss-reactive ketones (excluding diaryl/α,β-unsaturated/α-hetero) is 1. The summed E-state index contributed by atoms with van der Waals surface area (Å²) in [5.74, 6) is 0.0202. The molecular weight excluding hydrogens is 384 g/mol. The van der Waals surface area contributed by atoms with E-state index >= 15 is 0 Å². The lowest BCUT2D eigenvalue weighted by molar-refractivity contribution is -0.199. The average molecular weight is 417 g/mol. The molecule has 0 radical (unpaired) electrons. The molecule has 6 nitrogen and oxygen atoms in total. The van der Waals surface area contributed by atoms with Crippen molar-refractivity contribution in [2.75, 3.05) is 6.61 Å². The molecule has 0 aromatic carbocycles. The fourth-order valence-electron chi connectivity index (χ4n) is 7.94. The van der Waals surface area contributed by atoms with Crippen molar-refractivity contribution in [3.8, 4) is 0 Å². The monoisotopic (exact) mass is 416 g/mol. The number of aliphatic hydroxyl groups is 2. The standard InChI is InChI=1S/C24H32O6/c1-4-20-29-19-10-16-15-6-5-13-9-14(26)7-8-22(13,2)21(15)17(27)11-23(16,3)24(19,30-20)18(28)12-25/h7-9,15-17,19-21,25,27H,4-6,10-12H2,1-3H3/t15?,16?,17-,19+,20?,21?,22-,23-,24+/m0/s1. The van der Waals surface area contributed by atoms with E-state index in [4.69, 9.17) is 9.47 Å². The molecule has 4 aliphatic carbocycles. The third-order valence-electron chi connectivity index (χ3n) is 9.18. The number of carbonyl (C=O) groups excluding carboxylic acids is 2. The van der Waals surface area contributed by atoms with Crippen LogP contribution in [0.15, 0.2) is 23.8 Å². The van der Waals surface area contributed by atoms with Crippen molar-refractivity contribution in [2.45, 2.75) is 77.0 Å². The first-order valence-electron chi connectivity index (χ1n) is 11.3. The topological polar surface area (TPSA) is 93.1 Å². The van der Waals surface area contributed by atoms with Gasteiger partial charge in [0.1, 0.15) is 6.61 Å². The maximum absolute atomic E-state index is 13.1. The second kappa shape index (κ2) is 6.58. The molecule has 5 rings (SSSR count). The summed E-state index contributed by atoms with van der Waals surface area (Å²) < 4.78 is 12.5. The SMILES string of the molecule is CCC1O[C@@H]2CC3C4CCC5=CC(=O)C=C[C@]5(C)C4[C@@H](O)C[C@]3(C)[C@]2(C(=O)CO)O1. The highest BCUT2D eigenvalue weighted by atomic mass is 16.7. The normalized spacial score (nSPS) is 51.6. The number of rotatable bonds is 3. The van der Waals surface area contributed by atoms with Crippen LogP contribution in [0.5, 0.6) is 0 Å². The molecule has 9 atom stereocenters. The summed E-state index contributed by atoms with van der Waals surface area (Å²) in [6.07, 6.45) is 7.33. The maximum Gasteiger partial charge on any atom is 0.193 e. The van der Waals surface area contributed by atoms with E-state index in [1.54, 1.807) is 12.2 Å². The number of fused-ring (bicyclic) bond motifs is 7. The van der Waals surface area contributed by atoms with E-state index in [-0.39, 0.29) is 34.7 Å². The molecule has 164 valence electrons. The van der Waals surface area contributed by atoms with E-state index in [0.717, 1.165) is 18.4 Å². The highest BCUT2D eigenvalue weighted by Crippen LogP contribution is 2.69. The summed E-state index contributed by atoms with van der Waals surface area (Å²) in [4.78, 5) is 25.1. The van der Waals surface area contributed by atoms with E-state index in [9.17, 15) is 19.8 Å². The van der Waals surface area contributed by atoms with E-state index in [0.29, 0.717) is 19.3 Å². The number of carbonyl (C=O) groups is 2. The van der Waals surface area contributed by atoms with Gasteiger partial charge in [0.25, 0.3) is 0 Å². The van der Waals surface area contributed by atoms with Crippen molar-refractivity contribution in [1.82, 2.24) is 0 Å². The minimum absolute atomic E-state index is 0.0120. The molecule has 3 saturated carbocycles. The van der Waals surface area contributed by atoms with Crippen molar-refractivity contribution < 1.29 is 29.3 Å². The largest absolute Gasteiger partial charge is 0.393 e. The van der Waals surface area contributed by atoms with Gasteiger partial charge in [0, 0.05) is 16.7 Å². The number of aliphatic hydroxyl groups excluding tert-OH is 2. The molecule has 1 aliphatic heterocycles. The van der Waals surface area contributed by atoms with Crippen LogP contribution in [0.25, 0.3) is 0 Å². The summed E-state index contributed by atoms with van der Waals surface area (Å²) in [6.45, 7) is 5.56. The zero-order chi connectivity index (χ0) is 21.5. The first kappa shape index (κ1) is 20.6. The van der Waals surface area contributed by atoms with Crippen LogP contribution < -0.4 is 0 Å². The number of allylic oxidation sites excluding steroid dienone is 4. The Labute approximate surface area is 177 Å². The number of ketones is 2. The van der Waals surface area contributed by atoms with Crippen molar-refractivity contribution in [3.63, 3.8) is 0 Å². The van der Waals surface area contributed by atoms with Crippen molar-refractivity contribution >= 4 is 11.6 Å². The van der Waals surface area contributed by atoms with E-state index in [1.165, 1.54) is 0 Å². The Bertz CT molecular complexity index is 847. The van der Waals surface area contributed by atoms with Gasteiger partial charge < -0.3 is 19.7 Å². The van der Waals surface area contributed by atoms with Gasteiger partial charge in [0.2, 0.25) is 0 Å². The van der Waals surface area contributed by atoms with Crippen LogP contribution in [0.2, 0.25) is 0 Å². The summed E-state index contributed by atoms with van der Waals surface area (Å²) in [5, 5.41) is 21.3. The summed E-state index contributed by atoms with van der Waals surface area (Å²) in [7, 11) is 0. The molecule has 1 heterocycles. The molecule has 5 aliphatic rings. The zero-order valence-electron chi connectivity index (χ0n) is 18.0. The molecule has 30 heavy (non-hydrogen) atoms. The molecule has 0 bridgehead atoms. The Morgan fingerprint density at radius 2 is 2.10 bits per heavy atom. The van der Waals surface area contributed by atoms with Crippen LogP contribution in [0.3, 0.4) is 0 Å². The highest BCUT2D eigenvalue weighted by molar-refractivity contribution is 6.01. The third kappa shape index (κ3) is 2.34. The van der Waals surface area contributed by atoms with E-state index < -0.39 is 36.1 Å². The zero-order valence-corrected chi connectivity index (χ0v) is 18.0. The fraction of sp³-hybridized carbons (Fsp3) is 0.750. The second-order valence-corrected chi connectivity index (χ2v) is 10.3. The smallest absolute Gasteiger partial charge is 0.193 e. The molecule has 0 amide bonds. The van der Waals surface area contributed by atoms with Crippen LogP contribution in [0, 0.1) is 28.6 Å². The number of hydrogen-bond acceptors (Lipinski definition) is 6. The lowest BCUT2D eigenvalue weighted by Crippen LogP contribution is -2.63. The predicted molar refractivity (Wildman–Crippen MR) is 108 cm³/mol. The lowest BCUT2D eigenvalue weighted by atomic mass is 9.46. The lowest BCUT2D eigenvalue weighted by Gasteiger charge is -2.59. The average Bonchev–Trinajstić information content (AvgIpc) is 3.20. The molecule has 4 fully saturated rings. The Morgan fingerprint density at radius 3 is 2.80 bits per heavy atom. The quantitative estimate of drug-likeness (QED) is 0.734. The Kier molecular flexibility index (Phi) is 4.51. The predicted octanol–water partition coefficient (Wildman–Crippen LogP) is 2.33. The second-order valence-electron chi connectivity index (χ2n) is 10.3. The first-order valence-corrected chi connectivity index (χ1v) is 11.3. The van der Waals surface area contributed by atoms with Gasteiger partial charge in [-0.15, -0.1) is 0 Å². The maximum atomic E-state index is 13.1. The summed E-state index contributed by atoms with van der Waals surface area (Å²) in [5.41, 5.74) is -1.05. The van der Waals surface area contributed by atoms with Crippen molar-refractivity contribution in [3.05, 3.63) is 23.8 Å². The van der Waals surface area contributed by atoms with Gasteiger partial charge in [-0.1, -0.05) is 32.4 Å². The minimum Gasteiger partial charge on any atom is -0.393 e. The van der Waals surface area contributed by atoms with Gasteiger partial charge in [-0.2, -0.15) is 0 Å². The van der Waals surface area contributed by atoms with Crippen LogP contribution in [-0.4, -0.2) is 52.5 Å². The Balaban J connectivity index is 1.57. The first-order chi connectivity index (χ1) is 14.2. The molecule has 0 spiro atoms. The Hall–Kier alpha value is -1.34. The van der Waals surface area contributed by atoms with Crippen molar-refractivity contribution in [1.29, 1.82) is 0 Å². The van der Waals surface area contributed by atoms with Crippen LogP contribution >= 0.6 is 0 Å². The highest BCUT2D eigenvalue weighted by Gasteiger charge is 2.75. The Morgan fingerprint density at radius 1 is 1.33 bits per heavy atom. The van der Waals surface area contributed by atoms with Gasteiger partial charge in [0.15, 0.2) is 23.5 Å². The number of ether oxygens (including phenoxy) is 2. The van der Waals surface area contributed by atoms with Gasteiger partial charge in [-0.05, 0) is 56.1 Å². The molecule has 2 N–H and O–H groups in total. The molecule has 4 unspecified atom stereocenters. The fourth-order valence-corrected chi connectivity index (χ4v) is 7.94. The molecular formula is C24H32O6. The minimum atomic E-state index is -1.20. The van der Waals surface area contributed by atoms with Crippen LogP contribution in [0.4, 0.5) is 0 Å². The molecule has 0 aromatic rings. The molecule has 6 heteroatoms. The van der Waals surface area contributed by atoms with Crippen molar-refractivity contribution in [2.24, 2.45) is 28.6 Å². The van der Waals surface area contributed by atoms with Gasteiger partial charge in [-0.25, -0.2) is 0 Å². The van der Waals surface area contributed by atoms with Gasteiger partial charge >= 0.3 is 0 Å². The van der Waals surface area contributed by atoms with E-state index in [2.05, 4.69) is 13.8 Å². The molecule has 0 aromatic heterocycles. The van der Waals surface area contributed by atoms with Crippen LogP contribution in [0.1, 0.15) is 52.9 Å². The molecule has 1 saturated heterocycles. The third-order valence-corrected chi connectivity index (χ3v) is 9.18. The van der Waals surface area contributed by atoms with Crippen LogP contribution in [-0.2, 0) is 19.1 Å². The summed E-state index contributed by atoms with van der Waals surface area (Å²) in [6, 6.07) is 0. The van der Waals surface area contributed by atoms with Gasteiger partial charge in [-0.3, -0.25) is 9.59 Å².